The van der Waals surface area contributed by atoms with Crippen LogP contribution in [0.2, 0.25) is 0 Å². The topological polar surface area (TPSA) is 36.4 Å². The molecule has 1 fully saturated rings. The predicted octanol–water partition coefficient (Wildman–Crippen LogP) is 1.49. The van der Waals surface area contributed by atoms with Crippen molar-refractivity contribution in [1.29, 1.82) is 0 Å². The van der Waals surface area contributed by atoms with E-state index in [2.05, 4.69) is 30.8 Å². The highest BCUT2D eigenvalue weighted by Gasteiger charge is 2.31. The minimum Gasteiger partial charge on any atom is -0.333 e. The number of pyridine rings is 1. The van der Waals surface area contributed by atoms with E-state index < -0.39 is 0 Å². The van der Waals surface area contributed by atoms with Crippen LogP contribution in [0.1, 0.15) is 24.2 Å². The highest BCUT2D eigenvalue weighted by Crippen LogP contribution is 2.18. The Morgan fingerprint density at radius 1 is 1.44 bits per heavy atom. The van der Waals surface area contributed by atoms with Gasteiger partial charge in [-0.25, -0.2) is 0 Å². The second-order valence-electron chi connectivity index (χ2n) is 5.31. The summed E-state index contributed by atoms with van der Waals surface area (Å²) in [5.74, 6) is 0.572. The molecule has 0 spiro atoms. The van der Waals surface area contributed by atoms with Crippen molar-refractivity contribution >= 4 is 5.91 Å². The molecule has 0 radical (unpaired) electrons. The number of nitrogens with zero attached hydrogens (tertiary/aromatic N) is 3. The summed E-state index contributed by atoms with van der Waals surface area (Å²) < 4.78 is 0. The van der Waals surface area contributed by atoms with Gasteiger partial charge in [-0.1, -0.05) is 13.8 Å². The fourth-order valence-electron chi connectivity index (χ4n) is 2.43. The minimum absolute atomic E-state index is 0.106. The summed E-state index contributed by atoms with van der Waals surface area (Å²) in [5.41, 5.74) is 0.688. The third-order valence-corrected chi connectivity index (χ3v) is 3.56. The first-order chi connectivity index (χ1) is 8.59. The van der Waals surface area contributed by atoms with Gasteiger partial charge in [-0.05, 0) is 25.1 Å². The van der Waals surface area contributed by atoms with Crippen LogP contribution in [0, 0.1) is 5.92 Å². The van der Waals surface area contributed by atoms with Crippen molar-refractivity contribution in [3.8, 4) is 0 Å². The van der Waals surface area contributed by atoms with Gasteiger partial charge in [-0.15, -0.1) is 0 Å². The second kappa shape index (κ2) is 5.48. The smallest absolute Gasteiger partial charge is 0.255 e. The number of aromatic nitrogens is 1. The monoisotopic (exact) mass is 247 g/mol. The molecule has 0 saturated carbocycles. The van der Waals surface area contributed by atoms with Crippen molar-refractivity contribution in [3.05, 3.63) is 30.1 Å². The molecule has 2 heterocycles. The Labute approximate surface area is 109 Å². The molecule has 1 aromatic heterocycles. The van der Waals surface area contributed by atoms with E-state index in [1.165, 1.54) is 0 Å². The van der Waals surface area contributed by atoms with Crippen molar-refractivity contribution in [2.24, 2.45) is 5.92 Å². The Hall–Kier alpha value is -1.42. The molecule has 98 valence electrons. The number of likely N-dealkylation sites (N-methyl/N-ethyl adjacent to an activating group) is 1. The molecule has 18 heavy (non-hydrogen) atoms. The van der Waals surface area contributed by atoms with Gasteiger partial charge in [0, 0.05) is 38.1 Å². The number of hydrogen-bond donors (Lipinski definition) is 0. The standard InChI is InChI=1S/C14H21N3O/c1-11(2)13-10-16(3)7-8-17(13)14(18)12-5-4-6-15-9-12/h4-6,9,11,13H,7-8,10H2,1-3H3. The first-order valence-corrected chi connectivity index (χ1v) is 6.49. The van der Waals surface area contributed by atoms with Gasteiger partial charge in [0.05, 0.1) is 5.56 Å². The average Bonchev–Trinajstić information content (AvgIpc) is 2.39. The molecule has 0 bridgehead atoms. The number of carbonyl (C=O) groups is 1. The third-order valence-electron chi connectivity index (χ3n) is 3.56. The van der Waals surface area contributed by atoms with Crippen LogP contribution in [0.25, 0.3) is 0 Å². The van der Waals surface area contributed by atoms with Crippen LogP contribution in [0.3, 0.4) is 0 Å². The summed E-state index contributed by atoms with van der Waals surface area (Å²) >= 11 is 0. The first kappa shape index (κ1) is 13.0. The maximum atomic E-state index is 12.5. The Bertz CT molecular complexity index is 405. The molecular weight excluding hydrogens is 226 g/mol. The van der Waals surface area contributed by atoms with E-state index >= 15 is 0 Å². The van der Waals surface area contributed by atoms with E-state index in [1.54, 1.807) is 12.4 Å². The summed E-state index contributed by atoms with van der Waals surface area (Å²) in [4.78, 5) is 20.8. The van der Waals surface area contributed by atoms with Crippen molar-refractivity contribution in [1.82, 2.24) is 14.8 Å². The van der Waals surface area contributed by atoms with Gasteiger partial charge in [0.1, 0.15) is 0 Å². The number of amides is 1. The number of piperazine rings is 1. The molecule has 0 aromatic carbocycles. The van der Waals surface area contributed by atoms with Crippen LogP contribution in [0.15, 0.2) is 24.5 Å². The maximum absolute atomic E-state index is 12.5. The lowest BCUT2D eigenvalue weighted by Gasteiger charge is -2.42. The lowest BCUT2D eigenvalue weighted by atomic mass is 9.99. The molecule has 1 aromatic rings. The fourth-order valence-corrected chi connectivity index (χ4v) is 2.43. The van der Waals surface area contributed by atoms with Gasteiger partial charge >= 0.3 is 0 Å². The summed E-state index contributed by atoms with van der Waals surface area (Å²) in [6.45, 7) is 7.03. The molecule has 2 rings (SSSR count). The Kier molecular flexibility index (Phi) is 3.97. The first-order valence-electron chi connectivity index (χ1n) is 6.49. The predicted molar refractivity (Wildman–Crippen MR) is 71.4 cm³/mol. The van der Waals surface area contributed by atoms with Crippen LogP contribution < -0.4 is 0 Å². The summed E-state index contributed by atoms with van der Waals surface area (Å²) in [5, 5.41) is 0. The second-order valence-corrected chi connectivity index (χ2v) is 5.31. The fraction of sp³-hybridized carbons (Fsp3) is 0.571. The average molecular weight is 247 g/mol. The van der Waals surface area contributed by atoms with E-state index in [1.807, 2.05) is 17.0 Å². The summed E-state index contributed by atoms with van der Waals surface area (Å²) in [6.07, 6.45) is 3.35. The van der Waals surface area contributed by atoms with Gasteiger partial charge < -0.3 is 9.80 Å². The molecule has 4 nitrogen and oxygen atoms in total. The lowest BCUT2D eigenvalue weighted by molar-refractivity contribution is 0.0402. The Morgan fingerprint density at radius 3 is 2.83 bits per heavy atom. The summed E-state index contributed by atoms with van der Waals surface area (Å²) in [7, 11) is 2.11. The van der Waals surface area contributed by atoms with Gasteiger partial charge in [0.2, 0.25) is 0 Å². The molecule has 1 amide bonds. The van der Waals surface area contributed by atoms with Crippen molar-refractivity contribution in [3.63, 3.8) is 0 Å². The van der Waals surface area contributed by atoms with E-state index in [9.17, 15) is 4.79 Å². The van der Waals surface area contributed by atoms with E-state index in [-0.39, 0.29) is 11.9 Å². The Balaban J connectivity index is 2.18. The normalized spacial score (nSPS) is 21.3. The molecule has 1 saturated heterocycles. The SMILES string of the molecule is CC(C)C1CN(C)CCN1C(=O)c1cccnc1. The highest BCUT2D eigenvalue weighted by atomic mass is 16.2. The largest absolute Gasteiger partial charge is 0.333 e. The highest BCUT2D eigenvalue weighted by molar-refractivity contribution is 5.94. The zero-order chi connectivity index (χ0) is 13.1. The molecule has 1 unspecified atom stereocenters. The van der Waals surface area contributed by atoms with Crippen molar-refractivity contribution in [2.75, 3.05) is 26.7 Å². The van der Waals surface area contributed by atoms with Crippen molar-refractivity contribution < 1.29 is 4.79 Å². The van der Waals surface area contributed by atoms with Gasteiger partial charge in [-0.3, -0.25) is 9.78 Å². The third kappa shape index (κ3) is 2.70. The molecule has 1 aliphatic rings. The van der Waals surface area contributed by atoms with E-state index in [4.69, 9.17) is 0 Å². The van der Waals surface area contributed by atoms with E-state index in [0.29, 0.717) is 11.5 Å². The molecular formula is C14H21N3O. The number of hydrogen-bond acceptors (Lipinski definition) is 3. The zero-order valence-corrected chi connectivity index (χ0v) is 11.3. The minimum atomic E-state index is 0.106. The molecule has 0 aliphatic carbocycles. The molecule has 1 atom stereocenters. The van der Waals surface area contributed by atoms with Crippen LogP contribution in [0.5, 0.6) is 0 Å². The van der Waals surface area contributed by atoms with Crippen LogP contribution in [-0.2, 0) is 0 Å². The zero-order valence-electron chi connectivity index (χ0n) is 11.3. The van der Waals surface area contributed by atoms with Crippen molar-refractivity contribution in [2.45, 2.75) is 19.9 Å². The maximum Gasteiger partial charge on any atom is 0.255 e. The quantitative estimate of drug-likeness (QED) is 0.794. The van der Waals surface area contributed by atoms with Crippen LogP contribution >= 0.6 is 0 Å². The summed E-state index contributed by atoms with van der Waals surface area (Å²) in [6, 6.07) is 3.94. The lowest BCUT2D eigenvalue weighted by Crippen LogP contribution is -2.56. The van der Waals surface area contributed by atoms with Gasteiger partial charge in [-0.2, -0.15) is 0 Å². The van der Waals surface area contributed by atoms with Crippen LogP contribution in [-0.4, -0.2) is 53.4 Å². The molecule has 1 aliphatic heterocycles. The van der Waals surface area contributed by atoms with Gasteiger partial charge in [0.15, 0.2) is 0 Å². The van der Waals surface area contributed by atoms with E-state index in [0.717, 1.165) is 19.6 Å². The molecule has 0 N–H and O–H groups in total. The molecule has 4 heteroatoms. The Morgan fingerprint density at radius 2 is 2.22 bits per heavy atom. The van der Waals surface area contributed by atoms with Crippen LogP contribution in [0.4, 0.5) is 0 Å². The van der Waals surface area contributed by atoms with Gasteiger partial charge in [0.25, 0.3) is 5.91 Å². The number of rotatable bonds is 2. The number of carbonyl (C=O) groups excluding carboxylic acids is 1.